The summed E-state index contributed by atoms with van der Waals surface area (Å²) >= 11 is 0. The van der Waals surface area contributed by atoms with Gasteiger partial charge in [0, 0.05) is 27.2 Å². The molecular formula is C30H19NOSi. The topological polar surface area (TPSA) is 18.1 Å². The lowest BCUT2D eigenvalue weighted by atomic mass is 10.1. The molecule has 0 bridgehead atoms. The Hall–Kier alpha value is -4.08. The van der Waals surface area contributed by atoms with Crippen LogP contribution in [-0.2, 0) is 0 Å². The zero-order valence-corrected chi connectivity index (χ0v) is 18.8. The molecule has 0 atom stereocenters. The molecular weight excluding hydrogens is 418 g/mol. The molecule has 0 aliphatic carbocycles. The monoisotopic (exact) mass is 437 g/mol. The Morgan fingerprint density at radius 1 is 0.545 bits per heavy atom. The predicted molar refractivity (Wildman–Crippen MR) is 140 cm³/mol. The molecule has 2 nitrogen and oxygen atoms in total. The molecule has 2 radical (unpaired) electrons. The van der Waals surface area contributed by atoms with Gasteiger partial charge in [0.15, 0.2) is 0 Å². The number of rotatable bonds is 3. The van der Waals surface area contributed by atoms with Gasteiger partial charge in [0.25, 0.3) is 0 Å². The summed E-state index contributed by atoms with van der Waals surface area (Å²) in [6, 6.07) is 40.9. The van der Waals surface area contributed by atoms with Crippen molar-refractivity contribution < 1.29 is 4.42 Å². The zero-order chi connectivity index (χ0) is 21.8. The summed E-state index contributed by atoms with van der Waals surface area (Å²) in [4.78, 5) is 0. The first-order chi connectivity index (χ1) is 16.4. The van der Waals surface area contributed by atoms with Crippen molar-refractivity contribution in [2.24, 2.45) is 0 Å². The molecule has 0 fully saturated rings. The van der Waals surface area contributed by atoms with Gasteiger partial charge < -0.3 is 8.98 Å². The third-order valence-electron chi connectivity index (χ3n) is 6.37. The van der Waals surface area contributed by atoms with Gasteiger partial charge in [-0.25, -0.2) is 0 Å². The molecule has 3 heteroatoms. The zero-order valence-electron chi connectivity index (χ0n) is 17.8. The van der Waals surface area contributed by atoms with Crippen molar-refractivity contribution in [2.45, 2.75) is 0 Å². The largest absolute Gasteiger partial charge is 0.456 e. The molecule has 154 valence electrons. The van der Waals surface area contributed by atoms with Crippen LogP contribution in [0.25, 0.3) is 49.4 Å². The summed E-state index contributed by atoms with van der Waals surface area (Å²) in [6.07, 6.45) is 0. The van der Waals surface area contributed by atoms with E-state index in [1.807, 2.05) is 0 Å². The second-order valence-corrected chi connectivity index (χ2v) is 9.69. The fraction of sp³-hybridized carbons (Fsp3) is 0. The first kappa shape index (κ1) is 18.5. The molecule has 5 aromatic carbocycles. The first-order valence-electron chi connectivity index (χ1n) is 11.1. The standard InChI is InChI=1S/C30H19NOSi/c1-2-9-21(10-3-1)33-29-16-8-13-24-25-19-20(17-18-28(25)32-30(24)29)31-26-14-6-4-11-22(26)23-12-5-7-15-27(23)31/h1-19H. The van der Waals surface area contributed by atoms with E-state index in [2.05, 4.69) is 120 Å². The van der Waals surface area contributed by atoms with Crippen molar-refractivity contribution in [3.8, 4) is 5.69 Å². The molecule has 0 unspecified atom stereocenters. The van der Waals surface area contributed by atoms with E-state index in [1.54, 1.807) is 0 Å². The average Bonchev–Trinajstić information content (AvgIpc) is 3.41. The van der Waals surface area contributed by atoms with Crippen molar-refractivity contribution in [3.05, 3.63) is 115 Å². The summed E-state index contributed by atoms with van der Waals surface area (Å²) in [6.45, 7) is 0. The fourth-order valence-corrected chi connectivity index (χ4v) is 6.05. The number of fused-ring (bicyclic) bond motifs is 6. The summed E-state index contributed by atoms with van der Waals surface area (Å²) in [5.41, 5.74) is 5.52. The molecule has 2 heterocycles. The van der Waals surface area contributed by atoms with Crippen LogP contribution < -0.4 is 10.4 Å². The van der Waals surface area contributed by atoms with Crippen LogP contribution in [0.2, 0.25) is 0 Å². The Morgan fingerprint density at radius 2 is 1.21 bits per heavy atom. The molecule has 2 aromatic heterocycles. The minimum Gasteiger partial charge on any atom is -0.456 e. The molecule has 0 amide bonds. The number of para-hydroxylation sites is 3. The second-order valence-electron chi connectivity index (χ2n) is 8.33. The highest BCUT2D eigenvalue weighted by Gasteiger charge is 2.15. The Morgan fingerprint density at radius 3 is 1.97 bits per heavy atom. The molecule has 7 rings (SSSR count). The minimum absolute atomic E-state index is 0.565. The highest BCUT2D eigenvalue weighted by molar-refractivity contribution is 6.69. The average molecular weight is 438 g/mol. The Bertz CT molecular complexity index is 1740. The molecule has 0 saturated carbocycles. The Balaban J connectivity index is 1.46. The van der Waals surface area contributed by atoms with Crippen LogP contribution in [0.4, 0.5) is 0 Å². The highest BCUT2D eigenvalue weighted by Crippen LogP contribution is 2.34. The van der Waals surface area contributed by atoms with Crippen molar-refractivity contribution in [2.75, 3.05) is 0 Å². The number of hydrogen-bond donors (Lipinski definition) is 0. The van der Waals surface area contributed by atoms with Gasteiger partial charge >= 0.3 is 0 Å². The van der Waals surface area contributed by atoms with E-state index in [9.17, 15) is 0 Å². The van der Waals surface area contributed by atoms with E-state index < -0.39 is 0 Å². The minimum atomic E-state index is 0.565. The number of hydrogen-bond acceptors (Lipinski definition) is 1. The van der Waals surface area contributed by atoms with Crippen LogP contribution >= 0.6 is 0 Å². The lowest BCUT2D eigenvalue weighted by Crippen LogP contribution is -2.26. The predicted octanol–water partition coefficient (Wildman–Crippen LogP) is 6.34. The lowest BCUT2D eigenvalue weighted by Gasteiger charge is -2.07. The van der Waals surface area contributed by atoms with E-state index in [4.69, 9.17) is 4.42 Å². The van der Waals surface area contributed by atoms with Crippen molar-refractivity contribution in [1.29, 1.82) is 0 Å². The van der Waals surface area contributed by atoms with Crippen LogP contribution in [0.3, 0.4) is 0 Å². The number of furan rings is 1. The molecule has 0 aliphatic rings. The van der Waals surface area contributed by atoms with Gasteiger partial charge in [-0.1, -0.05) is 90.1 Å². The normalized spacial score (nSPS) is 11.8. The molecule has 0 spiro atoms. The van der Waals surface area contributed by atoms with Crippen molar-refractivity contribution in [1.82, 2.24) is 4.57 Å². The van der Waals surface area contributed by atoms with Crippen LogP contribution in [0.1, 0.15) is 0 Å². The van der Waals surface area contributed by atoms with Gasteiger partial charge in [0.05, 0.1) is 11.0 Å². The number of nitrogens with zero attached hydrogens (tertiary/aromatic N) is 1. The van der Waals surface area contributed by atoms with Crippen LogP contribution in [0, 0.1) is 0 Å². The molecule has 7 aromatic rings. The lowest BCUT2D eigenvalue weighted by molar-refractivity contribution is 0.671. The van der Waals surface area contributed by atoms with E-state index in [0.29, 0.717) is 9.52 Å². The van der Waals surface area contributed by atoms with E-state index in [0.717, 1.165) is 22.2 Å². The van der Waals surface area contributed by atoms with Crippen molar-refractivity contribution in [3.63, 3.8) is 0 Å². The summed E-state index contributed by atoms with van der Waals surface area (Å²) < 4.78 is 8.76. The summed E-state index contributed by atoms with van der Waals surface area (Å²) in [7, 11) is 0.565. The smallest absolute Gasteiger partial charge is 0.135 e. The van der Waals surface area contributed by atoms with E-state index >= 15 is 0 Å². The van der Waals surface area contributed by atoms with Crippen molar-refractivity contribution >= 4 is 63.6 Å². The van der Waals surface area contributed by atoms with Gasteiger partial charge in [-0.05, 0) is 35.5 Å². The van der Waals surface area contributed by atoms with Crippen LogP contribution in [0.5, 0.6) is 0 Å². The molecule has 0 saturated heterocycles. The quantitative estimate of drug-likeness (QED) is 0.295. The van der Waals surface area contributed by atoms with Gasteiger partial charge in [-0.2, -0.15) is 0 Å². The van der Waals surface area contributed by atoms with Gasteiger partial charge in [-0.15, -0.1) is 0 Å². The van der Waals surface area contributed by atoms with E-state index in [-0.39, 0.29) is 0 Å². The number of aromatic nitrogens is 1. The van der Waals surface area contributed by atoms with E-state index in [1.165, 1.54) is 37.6 Å². The Labute approximate surface area is 193 Å². The maximum atomic E-state index is 6.40. The SMILES string of the molecule is c1ccc([Si]c2cccc3c2oc2ccc(-n4c5ccccc5c5ccccc54)cc23)cc1. The summed E-state index contributed by atoms with van der Waals surface area (Å²) in [5.74, 6) is 0. The third kappa shape index (κ3) is 2.86. The third-order valence-corrected chi connectivity index (χ3v) is 7.66. The molecule has 33 heavy (non-hydrogen) atoms. The maximum absolute atomic E-state index is 6.40. The van der Waals surface area contributed by atoms with Gasteiger partial charge in [0.2, 0.25) is 0 Å². The maximum Gasteiger partial charge on any atom is 0.135 e. The molecule has 0 N–H and O–H groups in total. The highest BCUT2D eigenvalue weighted by atomic mass is 28.2. The fourth-order valence-electron chi connectivity index (χ4n) is 4.90. The summed E-state index contributed by atoms with van der Waals surface area (Å²) in [5, 5.41) is 7.44. The van der Waals surface area contributed by atoms with Crippen LogP contribution in [-0.4, -0.2) is 14.1 Å². The van der Waals surface area contributed by atoms with Crippen LogP contribution in [0.15, 0.2) is 120 Å². The van der Waals surface area contributed by atoms with Gasteiger partial charge in [-0.3, -0.25) is 0 Å². The first-order valence-corrected chi connectivity index (χ1v) is 12.1. The number of benzene rings is 5. The Kier molecular flexibility index (Phi) is 4.05. The van der Waals surface area contributed by atoms with Gasteiger partial charge in [0.1, 0.15) is 20.7 Å². The molecule has 0 aliphatic heterocycles. The second kappa shape index (κ2) is 7.22.